The molecule has 34 heavy (non-hydrogen) atoms. The van der Waals surface area contributed by atoms with E-state index in [1.54, 1.807) is 29.2 Å². The maximum absolute atomic E-state index is 13.7. The van der Waals surface area contributed by atoms with Gasteiger partial charge in [0.25, 0.3) is 0 Å². The van der Waals surface area contributed by atoms with Gasteiger partial charge in [0, 0.05) is 39.4 Å². The highest BCUT2D eigenvalue weighted by atomic mass is 32.2. The van der Waals surface area contributed by atoms with E-state index in [1.807, 2.05) is 12.1 Å². The van der Waals surface area contributed by atoms with Crippen LogP contribution in [0, 0.1) is 5.82 Å². The van der Waals surface area contributed by atoms with Crippen LogP contribution in [0.4, 0.5) is 4.39 Å². The fraction of sp³-hybridized carbons (Fsp3) is 0.500. The zero-order valence-electron chi connectivity index (χ0n) is 20.1. The van der Waals surface area contributed by atoms with Crippen molar-refractivity contribution in [3.63, 3.8) is 0 Å². The highest BCUT2D eigenvalue weighted by Crippen LogP contribution is 2.37. The van der Waals surface area contributed by atoms with Gasteiger partial charge in [0.15, 0.2) is 0 Å². The first kappa shape index (κ1) is 24.8. The molecule has 0 aromatic heterocycles. The van der Waals surface area contributed by atoms with Gasteiger partial charge in [-0.25, -0.2) is 12.8 Å². The summed E-state index contributed by atoms with van der Waals surface area (Å²) in [5.41, 5.74) is 1.04. The molecule has 0 unspecified atom stereocenters. The minimum Gasteiger partial charge on any atom is -0.381 e. The Hall–Kier alpha value is -2.29. The zero-order chi connectivity index (χ0) is 24.6. The summed E-state index contributed by atoms with van der Waals surface area (Å²) in [5, 5.41) is 0. The molecule has 2 aromatic rings. The Balaban J connectivity index is 1.49. The van der Waals surface area contributed by atoms with Crippen LogP contribution >= 0.6 is 0 Å². The molecule has 2 fully saturated rings. The lowest BCUT2D eigenvalue weighted by molar-refractivity contribution is -0.142. The van der Waals surface area contributed by atoms with Crippen molar-refractivity contribution >= 4 is 15.9 Å². The number of carbonyl (C=O) groups is 1. The standard InChI is InChI=1S/C26H33FN2O4S/c1-25(2,3)20-6-10-23(11-7-20)34(31,32)29-16-14-28(15-17-29)24(30)26(12-18-33-19-13-26)21-4-8-22(27)9-5-21/h4-11H,12-19H2,1-3H3. The molecular weight excluding hydrogens is 455 g/mol. The van der Waals surface area contributed by atoms with Gasteiger partial charge in [-0.05, 0) is 53.6 Å². The van der Waals surface area contributed by atoms with Crippen molar-refractivity contribution in [2.24, 2.45) is 0 Å². The highest BCUT2D eigenvalue weighted by Gasteiger charge is 2.45. The molecule has 0 saturated carbocycles. The molecule has 0 radical (unpaired) electrons. The third-order valence-electron chi connectivity index (χ3n) is 7.04. The monoisotopic (exact) mass is 488 g/mol. The molecule has 184 valence electrons. The average molecular weight is 489 g/mol. The van der Waals surface area contributed by atoms with Crippen LogP contribution in [0.2, 0.25) is 0 Å². The van der Waals surface area contributed by atoms with Gasteiger partial charge in [0.1, 0.15) is 5.82 Å². The van der Waals surface area contributed by atoms with Crippen LogP contribution in [0.3, 0.4) is 0 Å². The summed E-state index contributed by atoms with van der Waals surface area (Å²) in [6.45, 7) is 8.31. The van der Waals surface area contributed by atoms with E-state index in [4.69, 9.17) is 4.74 Å². The molecule has 2 saturated heterocycles. The minimum absolute atomic E-state index is 0.0333. The van der Waals surface area contributed by atoms with Gasteiger partial charge in [0.2, 0.25) is 15.9 Å². The van der Waals surface area contributed by atoms with E-state index in [2.05, 4.69) is 20.8 Å². The second-order valence-electron chi connectivity index (χ2n) is 10.2. The maximum atomic E-state index is 13.7. The molecular formula is C26H33FN2O4S. The fourth-order valence-electron chi connectivity index (χ4n) is 4.82. The molecule has 6 nitrogen and oxygen atoms in total. The van der Waals surface area contributed by atoms with Crippen molar-refractivity contribution in [1.82, 2.24) is 9.21 Å². The summed E-state index contributed by atoms with van der Waals surface area (Å²) in [5.74, 6) is -0.373. The third-order valence-corrected chi connectivity index (χ3v) is 8.95. The first-order valence-electron chi connectivity index (χ1n) is 11.8. The van der Waals surface area contributed by atoms with Crippen molar-refractivity contribution in [1.29, 1.82) is 0 Å². The molecule has 2 heterocycles. The predicted molar refractivity (Wildman–Crippen MR) is 129 cm³/mol. The largest absolute Gasteiger partial charge is 0.381 e. The average Bonchev–Trinajstić information content (AvgIpc) is 2.84. The van der Waals surface area contributed by atoms with Crippen molar-refractivity contribution in [3.8, 4) is 0 Å². The first-order valence-corrected chi connectivity index (χ1v) is 13.2. The van der Waals surface area contributed by atoms with Gasteiger partial charge in [-0.15, -0.1) is 0 Å². The van der Waals surface area contributed by atoms with Gasteiger partial charge in [0.05, 0.1) is 10.3 Å². The van der Waals surface area contributed by atoms with Crippen LogP contribution in [0.25, 0.3) is 0 Å². The lowest BCUT2D eigenvalue weighted by atomic mass is 9.73. The summed E-state index contributed by atoms with van der Waals surface area (Å²) in [7, 11) is -3.64. The molecule has 0 aliphatic carbocycles. The second kappa shape index (κ2) is 9.40. The third kappa shape index (κ3) is 4.76. The highest BCUT2D eigenvalue weighted by molar-refractivity contribution is 7.89. The lowest BCUT2D eigenvalue weighted by Crippen LogP contribution is -2.56. The molecule has 0 atom stereocenters. The van der Waals surface area contributed by atoms with Crippen molar-refractivity contribution < 1.29 is 22.3 Å². The van der Waals surface area contributed by atoms with Gasteiger partial charge in [-0.2, -0.15) is 4.31 Å². The van der Waals surface area contributed by atoms with E-state index in [1.165, 1.54) is 16.4 Å². The van der Waals surface area contributed by atoms with E-state index >= 15 is 0 Å². The Kier molecular flexibility index (Phi) is 6.86. The van der Waals surface area contributed by atoms with Crippen LogP contribution in [0.15, 0.2) is 53.4 Å². The summed E-state index contributed by atoms with van der Waals surface area (Å²) in [6, 6.07) is 13.2. The van der Waals surface area contributed by atoms with Gasteiger partial charge in [-0.1, -0.05) is 45.0 Å². The predicted octanol–water partition coefficient (Wildman–Crippen LogP) is 3.70. The number of nitrogens with zero attached hydrogens (tertiary/aromatic N) is 2. The maximum Gasteiger partial charge on any atom is 0.243 e. The second-order valence-corrected chi connectivity index (χ2v) is 12.1. The van der Waals surface area contributed by atoms with Gasteiger partial charge < -0.3 is 9.64 Å². The number of hydrogen-bond acceptors (Lipinski definition) is 4. The zero-order valence-corrected chi connectivity index (χ0v) is 20.9. The van der Waals surface area contributed by atoms with Gasteiger partial charge >= 0.3 is 0 Å². The van der Waals surface area contributed by atoms with Crippen molar-refractivity contribution in [3.05, 3.63) is 65.5 Å². The minimum atomic E-state index is -3.64. The normalized spacial score (nSPS) is 19.7. The molecule has 0 spiro atoms. The van der Waals surface area contributed by atoms with Crippen LogP contribution in [0.5, 0.6) is 0 Å². The van der Waals surface area contributed by atoms with Crippen LogP contribution in [-0.4, -0.2) is 62.9 Å². The summed E-state index contributed by atoms with van der Waals surface area (Å²) < 4.78 is 46.9. The van der Waals surface area contributed by atoms with Crippen LogP contribution in [-0.2, 0) is 30.4 Å². The SMILES string of the molecule is CC(C)(C)c1ccc(S(=O)(=O)N2CCN(C(=O)C3(c4ccc(F)cc4)CCOCC3)CC2)cc1. The van der Waals surface area contributed by atoms with E-state index in [-0.39, 0.29) is 35.1 Å². The molecule has 2 aliphatic heterocycles. The van der Waals surface area contributed by atoms with Crippen LogP contribution in [0.1, 0.15) is 44.7 Å². The van der Waals surface area contributed by atoms with Crippen LogP contribution < -0.4 is 0 Å². The Morgan fingerprint density at radius 2 is 1.47 bits per heavy atom. The number of ether oxygens (including phenoxy) is 1. The smallest absolute Gasteiger partial charge is 0.243 e. The number of sulfonamides is 1. The fourth-order valence-corrected chi connectivity index (χ4v) is 6.25. The molecule has 0 N–H and O–H groups in total. The van der Waals surface area contributed by atoms with E-state index in [9.17, 15) is 17.6 Å². The van der Waals surface area contributed by atoms with Crippen molar-refractivity contribution in [2.45, 2.75) is 49.3 Å². The quantitative estimate of drug-likeness (QED) is 0.658. The number of piperazine rings is 1. The number of halogens is 1. The summed E-state index contributed by atoms with van der Waals surface area (Å²) in [4.78, 5) is 15.8. The van der Waals surface area contributed by atoms with Crippen molar-refractivity contribution in [2.75, 3.05) is 39.4 Å². The van der Waals surface area contributed by atoms with E-state index in [0.29, 0.717) is 39.1 Å². The first-order chi connectivity index (χ1) is 16.0. The summed E-state index contributed by atoms with van der Waals surface area (Å²) in [6.07, 6.45) is 1.05. The van der Waals surface area contributed by atoms with E-state index < -0.39 is 15.4 Å². The Morgan fingerprint density at radius 1 is 0.912 bits per heavy atom. The Labute approximate surface area is 201 Å². The molecule has 2 aromatic carbocycles. The van der Waals surface area contributed by atoms with Gasteiger partial charge in [-0.3, -0.25) is 4.79 Å². The molecule has 2 aliphatic rings. The molecule has 4 rings (SSSR count). The number of amides is 1. The summed E-state index contributed by atoms with van der Waals surface area (Å²) >= 11 is 0. The Bertz CT molecular complexity index is 1110. The Morgan fingerprint density at radius 3 is 2.00 bits per heavy atom. The van der Waals surface area contributed by atoms with E-state index in [0.717, 1.165) is 11.1 Å². The number of carbonyl (C=O) groups excluding carboxylic acids is 1. The number of rotatable bonds is 4. The number of benzene rings is 2. The number of hydrogen-bond donors (Lipinski definition) is 0. The molecule has 0 bridgehead atoms. The molecule has 8 heteroatoms. The lowest BCUT2D eigenvalue weighted by Gasteiger charge is -2.42. The molecule has 1 amide bonds. The topological polar surface area (TPSA) is 66.9 Å².